The molecule has 0 aliphatic heterocycles. The molecule has 2 aromatic carbocycles. The third-order valence-electron chi connectivity index (χ3n) is 5.65. The molecule has 2 aromatic heterocycles. The van der Waals surface area contributed by atoms with Gasteiger partial charge in [-0.1, -0.05) is 12.1 Å². The number of hydrogen-bond acceptors (Lipinski definition) is 6. The summed E-state index contributed by atoms with van der Waals surface area (Å²) in [4.78, 5) is 44.2. The van der Waals surface area contributed by atoms with Gasteiger partial charge in [0.1, 0.15) is 11.6 Å². The molecule has 0 spiro atoms. The van der Waals surface area contributed by atoms with Gasteiger partial charge in [-0.2, -0.15) is 0 Å². The number of rotatable bonds is 8. The zero-order valence-corrected chi connectivity index (χ0v) is 19.3. The molecule has 0 saturated carbocycles. The summed E-state index contributed by atoms with van der Waals surface area (Å²) < 4.78 is 12.4. The van der Waals surface area contributed by atoms with Crippen LogP contribution in [-0.4, -0.2) is 40.0 Å². The Morgan fingerprint density at radius 3 is 2.53 bits per heavy atom. The van der Waals surface area contributed by atoms with E-state index in [2.05, 4.69) is 9.97 Å². The molecule has 0 atom stereocenters. The molecule has 0 radical (unpaired) electrons. The highest BCUT2D eigenvalue weighted by molar-refractivity contribution is 5.99. The number of aromatic amines is 1. The number of benzene rings is 2. The molecule has 1 N–H and O–H groups in total. The first kappa shape index (κ1) is 23.0. The maximum atomic E-state index is 12.8. The van der Waals surface area contributed by atoms with Crippen LogP contribution in [0.25, 0.3) is 16.6 Å². The van der Waals surface area contributed by atoms with Crippen LogP contribution in [0.2, 0.25) is 0 Å². The van der Waals surface area contributed by atoms with Gasteiger partial charge in [-0.15, -0.1) is 0 Å². The van der Waals surface area contributed by atoms with E-state index in [9.17, 15) is 14.4 Å². The van der Waals surface area contributed by atoms with E-state index >= 15 is 0 Å². The summed E-state index contributed by atoms with van der Waals surface area (Å²) in [7, 11) is 1.61. The first-order valence-electron chi connectivity index (χ1n) is 10.9. The van der Waals surface area contributed by atoms with Crippen LogP contribution >= 0.6 is 0 Å². The summed E-state index contributed by atoms with van der Waals surface area (Å²) in [6.45, 7) is 3.42. The zero-order valence-electron chi connectivity index (χ0n) is 19.3. The highest BCUT2D eigenvalue weighted by Gasteiger charge is 2.18. The molecule has 0 saturated heterocycles. The highest BCUT2D eigenvalue weighted by Crippen LogP contribution is 2.23. The standard InChI is InChI=1S/C26H25N3O5/c1-16-14-21(17(2)29(16)18-8-10-19(33-3)11-9-18)23(30)15-34-25(31)13-12-24-27-22-7-5-4-6-20(22)26(32)28-24/h4-11,14H,12-13,15H2,1-3H3,(H,27,28,32). The van der Waals surface area contributed by atoms with Gasteiger partial charge in [0.25, 0.3) is 5.56 Å². The molecule has 174 valence electrons. The van der Waals surface area contributed by atoms with Crippen LogP contribution in [-0.2, 0) is 16.0 Å². The van der Waals surface area contributed by atoms with Crippen LogP contribution in [0.15, 0.2) is 59.4 Å². The van der Waals surface area contributed by atoms with Crippen molar-refractivity contribution >= 4 is 22.7 Å². The van der Waals surface area contributed by atoms with E-state index in [0.29, 0.717) is 22.3 Å². The van der Waals surface area contributed by atoms with Gasteiger partial charge < -0.3 is 19.0 Å². The molecule has 34 heavy (non-hydrogen) atoms. The first-order valence-corrected chi connectivity index (χ1v) is 10.9. The van der Waals surface area contributed by atoms with Gasteiger partial charge in [0, 0.05) is 29.1 Å². The molecular weight excluding hydrogens is 434 g/mol. The molecule has 0 amide bonds. The number of methoxy groups -OCH3 is 1. The van der Waals surface area contributed by atoms with Gasteiger partial charge in [-0.25, -0.2) is 4.98 Å². The minimum atomic E-state index is -0.534. The second kappa shape index (κ2) is 9.74. The van der Waals surface area contributed by atoms with Crippen molar-refractivity contribution in [3.63, 3.8) is 0 Å². The number of esters is 1. The van der Waals surface area contributed by atoms with Crippen molar-refractivity contribution in [2.45, 2.75) is 26.7 Å². The van der Waals surface area contributed by atoms with E-state index in [1.807, 2.05) is 42.7 Å². The molecule has 4 aromatic rings. The molecule has 4 rings (SSSR count). The Kier molecular flexibility index (Phi) is 6.58. The normalized spacial score (nSPS) is 10.9. The molecule has 0 bridgehead atoms. The van der Waals surface area contributed by atoms with Gasteiger partial charge in [0.15, 0.2) is 6.61 Å². The van der Waals surface area contributed by atoms with E-state index < -0.39 is 5.97 Å². The summed E-state index contributed by atoms with van der Waals surface area (Å²) in [5.74, 6) is 0.332. The topological polar surface area (TPSA) is 103 Å². The molecular formula is C26H25N3O5. The highest BCUT2D eigenvalue weighted by atomic mass is 16.5. The van der Waals surface area contributed by atoms with E-state index in [0.717, 1.165) is 22.8 Å². The monoisotopic (exact) mass is 459 g/mol. The second-order valence-electron chi connectivity index (χ2n) is 7.93. The number of nitrogens with one attached hydrogen (secondary N) is 1. The summed E-state index contributed by atoms with van der Waals surface area (Å²) in [6, 6.07) is 16.3. The Labute approximate surface area is 196 Å². The number of hydrogen-bond donors (Lipinski definition) is 1. The van der Waals surface area contributed by atoms with Gasteiger partial charge in [-0.05, 0) is 56.3 Å². The largest absolute Gasteiger partial charge is 0.497 e. The number of carbonyl (C=O) groups is 2. The molecule has 0 fully saturated rings. The number of nitrogens with zero attached hydrogens (tertiary/aromatic N) is 2. The van der Waals surface area contributed by atoms with E-state index in [1.54, 1.807) is 37.4 Å². The average molecular weight is 460 g/mol. The fraction of sp³-hybridized carbons (Fsp3) is 0.231. The molecule has 0 unspecified atom stereocenters. The maximum absolute atomic E-state index is 12.8. The summed E-state index contributed by atoms with van der Waals surface area (Å²) in [6.07, 6.45) is 0.207. The van der Waals surface area contributed by atoms with E-state index in [-0.39, 0.29) is 30.8 Å². The van der Waals surface area contributed by atoms with Crippen LogP contribution in [0.5, 0.6) is 5.75 Å². The minimum absolute atomic E-state index is 0.000565. The third kappa shape index (κ3) is 4.76. The van der Waals surface area contributed by atoms with Crippen molar-refractivity contribution in [3.05, 3.63) is 87.7 Å². The predicted octanol–water partition coefficient (Wildman–Crippen LogP) is 3.70. The Morgan fingerprint density at radius 2 is 1.79 bits per heavy atom. The number of aryl methyl sites for hydroxylation is 2. The van der Waals surface area contributed by atoms with Crippen molar-refractivity contribution < 1.29 is 19.1 Å². The van der Waals surface area contributed by atoms with Crippen molar-refractivity contribution in [2.24, 2.45) is 0 Å². The fourth-order valence-electron chi connectivity index (χ4n) is 3.94. The lowest BCUT2D eigenvalue weighted by Crippen LogP contribution is -2.17. The lowest BCUT2D eigenvalue weighted by Gasteiger charge is -2.11. The smallest absolute Gasteiger partial charge is 0.306 e. The van der Waals surface area contributed by atoms with Crippen LogP contribution in [0.1, 0.15) is 34.0 Å². The van der Waals surface area contributed by atoms with Gasteiger partial charge in [0.05, 0.1) is 24.4 Å². The molecule has 8 heteroatoms. The maximum Gasteiger partial charge on any atom is 0.306 e. The second-order valence-corrected chi connectivity index (χ2v) is 7.93. The number of Topliss-reactive ketones (excluding diaryl/α,β-unsaturated/α-hetero) is 1. The Bertz CT molecular complexity index is 1420. The van der Waals surface area contributed by atoms with Crippen molar-refractivity contribution in [3.8, 4) is 11.4 Å². The van der Waals surface area contributed by atoms with Crippen molar-refractivity contribution in [2.75, 3.05) is 13.7 Å². The Balaban J connectivity index is 1.38. The number of H-pyrrole nitrogens is 1. The van der Waals surface area contributed by atoms with Crippen LogP contribution in [0, 0.1) is 13.8 Å². The summed E-state index contributed by atoms with van der Waals surface area (Å²) in [5.41, 5.74) is 3.38. The number of aromatic nitrogens is 3. The van der Waals surface area contributed by atoms with E-state index in [4.69, 9.17) is 9.47 Å². The van der Waals surface area contributed by atoms with Gasteiger partial charge >= 0.3 is 5.97 Å². The first-order chi connectivity index (χ1) is 16.4. The van der Waals surface area contributed by atoms with Crippen LogP contribution < -0.4 is 10.3 Å². The number of ether oxygens (including phenoxy) is 2. The van der Waals surface area contributed by atoms with Gasteiger partial charge in [-0.3, -0.25) is 14.4 Å². The summed E-state index contributed by atoms with van der Waals surface area (Å²) in [5, 5.41) is 0.492. The third-order valence-corrected chi connectivity index (χ3v) is 5.65. The molecule has 2 heterocycles. The average Bonchev–Trinajstić information content (AvgIpc) is 3.15. The Hall–Kier alpha value is -4.20. The molecule has 0 aliphatic carbocycles. The molecule has 8 nitrogen and oxygen atoms in total. The number of ketones is 1. The summed E-state index contributed by atoms with van der Waals surface area (Å²) >= 11 is 0. The molecule has 0 aliphatic rings. The van der Waals surface area contributed by atoms with Crippen LogP contribution in [0.3, 0.4) is 0 Å². The van der Waals surface area contributed by atoms with Crippen molar-refractivity contribution in [1.29, 1.82) is 0 Å². The SMILES string of the molecule is COc1ccc(-n2c(C)cc(C(=O)COC(=O)CCc3nc4ccccc4c(=O)[nH]3)c2C)cc1. The van der Waals surface area contributed by atoms with Crippen LogP contribution in [0.4, 0.5) is 0 Å². The van der Waals surface area contributed by atoms with Gasteiger partial charge in [0.2, 0.25) is 5.78 Å². The number of carbonyl (C=O) groups excluding carboxylic acids is 2. The van der Waals surface area contributed by atoms with Crippen molar-refractivity contribution in [1.82, 2.24) is 14.5 Å². The minimum Gasteiger partial charge on any atom is -0.497 e. The lowest BCUT2D eigenvalue weighted by molar-refractivity contribution is -0.142. The quantitative estimate of drug-likeness (QED) is 0.318. The predicted molar refractivity (Wildman–Crippen MR) is 128 cm³/mol. The number of para-hydroxylation sites is 1. The zero-order chi connectivity index (χ0) is 24.2. The lowest BCUT2D eigenvalue weighted by atomic mass is 10.1. The fourth-order valence-corrected chi connectivity index (χ4v) is 3.94. The van der Waals surface area contributed by atoms with E-state index in [1.165, 1.54) is 0 Å². The number of fused-ring (bicyclic) bond motifs is 1. The Morgan fingerprint density at radius 1 is 1.06 bits per heavy atom.